The number of halogens is 1. The number of guanidine groups is 1. The molecule has 0 amide bonds. The summed E-state index contributed by atoms with van der Waals surface area (Å²) in [5.41, 5.74) is 6.09. The molecule has 2 saturated carbocycles. The normalized spacial score (nSPS) is 37.0. The first kappa shape index (κ1) is 16.3. The van der Waals surface area contributed by atoms with E-state index in [0.717, 1.165) is 50.0 Å². The molecule has 116 valence electrons. The van der Waals surface area contributed by atoms with E-state index in [2.05, 4.69) is 16.8 Å². The van der Waals surface area contributed by atoms with Gasteiger partial charge in [0.05, 0.1) is 12.7 Å². The molecule has 0 aromatic carbocycles. The maximum absolute atomic E-state index is 6.09. The van der Waals surface area contributed by atoms with E-state index in [1.165, 1.54) is 32.1 Å². The first-order chi connectivity index (χ1) is 9.22. The number of hydrogen-bond acceptors (Lipinski definition) is 2. The number of nitrogens with two attached hydrogens (primary N) is 1. The Morgan fingerprint density at radius 3 is 2.85 bits per heavy atom. The van der Waals surface area contributed by atoms with Gasteiger partial charge in [0.25, 0.3) is 0 Å². The zero-order chi connectivity index (χ0) is 13.2. The van der Waals surface area contributed by atoms with E-state index >= 15 is 0 Å². The second-order valence-corrected chi connectivity index (χ2v) is 6.59. The van der Waals surface area contributed by atoms with Crippen LogP contribution in [0.25, 0.3) is 0 Å². The van der Waals surface area contributed by atoms with Crippen molar-refractivity contribution in [3.63, 3.8) is 0 Å². The van der Waals surface area contributed by atoms with Gasteiger partial charge in [-0.25, -0.2) is 0 Å². The van der Waals surface area contributed by atoms with Crippen LogP contribution in [0.1, 0.15) is 39.0 Å². The largest absolute Gasteiger partial charge is 0.375 e. The molecule has 20 heavy (non-hydrogen) atoms. The van der Waals surface area contributed by atoms with Crippen molar-refractivity contribution < 1.29 is 4.74 Å². The molecule has 5 heteroatoms. The van der Waals surface area contributed by atoms with E-state index in [0.29, 0.717) is 0 Å². The van der Waals surface area contributed by atoms with Gasteiger partial charge in [-0.2, -0.15) is 0 Å². The second-order valence-electron chi connectivity index (χ2n) is 6.59. The van der Waals surface area contributed by atoms with Crippen molar-refractivity contribution in [3.8, 4) is 0 Å². The molecule has 4 atom stereocenters. The lowest BCUT2D eigenvalue weighted by atomic mass is 9.86. The number of nitrogens with zero attached hydrogens (tertiary/aromatic N) is 2. The van der Waals surface area contributed by atoms with Gasteiger partial charge in [0.15, 0.2) is 5.96 Å². The highest BCUT2D eigenvalue weighted by atomic mass is 127. The van der Waals surface area contributed by atoms with Gasteiger partial charge < -0.3 is 15.4 Å². The molecule has 1 aliphatic heterocycles. The van der Waals surface area contributed by atoms with E-state index in [4.69, 9.17) is 10.5 Å². The molecule has 0 aromatic heterocycles. The summed E-state index contributed by atoms with van der Waals surface area (Å²) in [6, 6.07) is 0. The van der Waals surface area contributed by atoms with Crippen LogP contribution in [0.15, 0.2) is 4.99 Å². The highest BCUT2D eigenvalue weighted by Crippen LogP contribution is 2.49. The molecule has 2 N–H and O–H groups in total. The van der Waals surface area contributed by atoms with Crippen molar-refractivity contribution in [1.82, 2.24) is 4.90 Å². The molecule has 2 aliphatic carbocycles. The minimum Gasteiger partial charge on any atom is -0.375 e. The number of ether oxygens (including phenoxy) is 1. The predicted molar refractivity (Wildman–Crippen MR) is 92.4 cm³/mol. The van der Waals surface area contributed by atoms with Crippen LogP contribution in [0.5, 0.6) is 0 Å². The van der Waals surface area contributed by atoms with Gasteiger partial charge in [-0.1, -0.05) is 6.42 Å². The van der Waals surface area contributed by atoms with Crippen LogP contribution in [0.4, 0.5) is 0 Å². The molecular weight excluding hydrogens is 365 g/mol. The molecule has 0 radical (unpaired) electrons. The Balaban J connectivity index is 0.00000147. The minimum atomic E-state index is 0. The monoisotopic (exact) mass is 393 g/mol. The van der Waals surface area contributed by atoms with Gasteiger partial charge in [0.1, 0.15) is 0 Å². The summed E-state index contributed by atoms with van der Waals surface area (Å²) in [4.78, 5) is 6.76. The molecule has 0 spiro atoms. The second kappa shape index (κ2) is 7.29. The summed E-state index contributed by atoms with van der Waals surface area (Å²) >= 11 is 0. The highest BCUT2D eigenvalue weighted by molar-refractivity contribution is 14.0. The first-order valence-electron chi connectivity index (χ1n) is 7.89. The quantitative estimate of drug-likeness (QED) is 0.455. The Morgan fingerprint density at radius 1 is 1.35 bits per heavy atom. The van der Waals surface area contributed by atoms with Crippen molar-refractivity contribution in [3.05, 3.63) is 0 Å². The van der Waals surface area contributed by atoms with Crippen molar-refractivity contribution in [2.24, 2.45) is 28.5 Å². The van der Waals surface area contributed by atoms with Crippen LogP contribution in [0, 0.1) is 17.8 Å². The van der Waals surface area contributed by atoms with Crippen LogP contribution in [0.3, 0.4) is 0 Å². The molecule has 3 rings (SSSR count). The van der Waals surface area contributed by atoms with E-state index in [-0.39, 0.29) is 30.1 Å². The Hall–Kier alpha value is -0.0400. The first-order valence-corrected chi connectivity index (χ1v) is 7.89. The van der Waals surface area contributed by atoms with Gasteiger partial charge in [-0.15, -0.1) is 24.0 Å². The van der Waals surface area contributed by atoms with Crippen LogP contribution < -0.4 is 5.73 Å². The average molecular weight is 393 g/mol. The van der Waals surface area contributed by atoms with Crippen molar-refractivity contribution in [2.75, 3.05) is 26.2 Å². The standard InChI is InChI=1S/C15H27N3O.HI/c1-11-10-18(6-7-19-11)15(16)17-5-4-14-9-12-2-3-13(14)8-12;/h11-14H,2-10H2,1H3,(H2,16,17);1H. The number of morpholine rings is 1. The molecule has 4 unspecified atom stereocenters. The maximum Gasteiger partial charge on any atom is 0.191 e. The fourth-order valence-electron chi connectivity index (χ4n) is 4.20. The van der Waals surface area contributed by atoms with Gasteiger partial charge in [-0.3, -0.25) is 4.99 Å². The average Bonchev–Trinajstić information content (AvgIpc) is 3.01. The third-order valence-electron chi connectivity index (χ3n) is 5.22. The summed E-state index contributed by atoms with van der Waals surface area (Å²) < 4.78 is 5.53. The van der Waals surface area contributed by atoms with Crippen molar-refractivity contribution in [1.29, 1.82) is 0 Å². The van der Waals surface area contributed by atoms with Gasteiger partial charge >= 0.3 is 0 Å². The minimum absolute atomic E-state index is 0. The fourth-order valence-corrected chi connectivity index (χ4v) is 4.20. The third-order valence-corrected chi connectivity index (χ3v) is 5.22. The van der Waals surface area contributed by atoms with E-state index in [1.54, 1.807) is 0 Å². The SMILES string of the molecule is CC1CN(C(N)=NCCC2CC3CCC2C3)CCO1.I. The Morgan fingerprint density at radius 2 is 2.20 bits per heavy atom. The lowest BCUT2D eigenvalue weighted by molar-refractivity contribution is 0.00529. The van der Waals surface area contributed by atoms with E-state index in [9.17, 15) is 0 Å². The fraction of sp³-hybridized carbons (Fsp3) is 0.933. The molecule has 4 nitrogen and oxygen atoms in total. The number of aliphatic imine (C=N–C) groups is 1. The van der Waals surface area contributed by atoms with Gasteiger partial charge in [0.2, 0.25) is 0 Å². The summed E-state index contributed by atoms with van der Waals surface area (Å²) in [6.45, 7) is 5.53. The van der Waals surface area contributed by atoms with Gasteiger partial charge in [0, 0.05) is 19.6 Å². The summed E-state index contributed by atoms with van der Waals surface area (Å²) in [7, 11) is 0. The number of fused-ring (bicyclic) bond motifs is 2. The van der Waals surface area contributed by atoms with Gasteiger partial charge in [-0.05, 0) is 50.4 Å². The summed E-state index contributed by atoms with van der Waals surface area (Å²) in [5, 5.41) is 0. The zero-order valence-electron chi connectivity index (χ0n) is 12.5. The lowest BCUT2D eigenvalue weighted by Gasteiger charge is -2.32. The van der Waals surface area contributed by atoms with E-state index < -0.39 is 0 Å². The zero-order valence-corrected chi connectivity index (χ0v) is 14.8. The third kappa shape index (κ3) is 3.78. The molecule has 3 fully saturated rings. The van der Waals surface area contributed by atoms with Crippen LogP contribution in [-0.4, -0.2) is 43.2 Å². The Labute approximate surface area is 139 Å². The molecule has 2 bridgehead atoms. The van der Waals surface area contributed by atoms with Crippen molar-refractivity contribution >= 4 is 29.9 Å². The Kier molecular flexibility index (Phi) is 5.95. The predicted octanol–water partition coefficient (Wildman–Crippen LogP) is 2.47. The molecule has 1 saturated heterocycles. The maximum atomic E-state index is 6.09. The molecule has 0 aromatic rings. The highest BCUT2D eigenvalue weighted by Gasteiger charge is 2.38. The van der Waals surface area contributed by atoms with Crippen LogP contribution >= 0.6 is 24.0 Å². The van der Waals surface area contributed by atoms with E-state index in [1.807, 2.05) is 0 Å². The Bertz CT molecular complexity index is 350. The lowest BCUT2D eigenvalue weighted by Crippen LogP contribution is -2.47. The smallest absolute Gasteiger partial charge is 0.191 e. The number of rotatable bonds is 3. The van der Waals surface area contributed by atoms with Crippen molar-refractivity contribution in [2.45, 2.75) is 45.1 Å². The summed E-state index contributed by atoms with van der Waals surface area (Å²) in [5.74, 6) is 3.69. The molecular formula is C15H28IN3O. The van der Waals surface area contributed by atoms with Crippen LogP contribution in [-0.2, 0) is 4.74 Å². The van der Waals surface area contributed by atoms with Crippen LogP contribution in [0.2, 0.25) is 0 Å². The number of hydrogen-bond donors (Lipinski definition) is 1. The topological polar surface area (TPSA) is 50.8 Å². The molecule has 1 heterocycles. The summed E-state index contributed by atoms with van der Waals surface area (Å²) in [6.07, 6.45) is 7.41. The molecule has 3 aliphatic rings.